The molecule has 0 fully saturated rings. The predicted molar refractivity (Wildman–Crippen MR) is 96.3 cm³/mol. The molecule has 0 saturated carbocycles. The van der Waals surface area contributed by atoms with Crippen molar-refractivity contribution in [3.05, 3.63) is 69.8 Å². The summed E-state index contributed by atoms with van der Waals surface area (Å²) in [6, 6.07) is 15.4. The quantitative estimate of drug-likeness (QED) is 0.612. The van der Waals surface area contributed by atoms with Crippen LogP contribution in [0, 0.1) is 6.92 Å². The van der Waals surface area contributed by atoms with Crippen LogP contribution in [0.25, 0.3) is 10.9 Å². The Hall–Kier alpha value is -2.40. The van der Waals surface area contributed by atoms with Gasteiger partial charge in [-0.25, -0.2) is 9.78 Å². The summed E-state index contributed by atoms with van der Waals surface area (Å²) in [7, 11) is 1.35. The predicted octanol–water partition coefficient (Wildman–Crippen LogP) is 4.67. The van der Waals surface area contributed by atoms with E-state index in [2.05, 4.69) is 20.9 Å². The largest absolute Gasteiger partial charge is 0.486 e. The smallest absolute Gasteiger partial charge is 0.341 e. The number of pyridine rings is 1. The first-order valence-corrected chi connectivity index (χ1v) is 8.24. The standard InChI is InChI=1S/C19H16BrNO3/c1-12-8-9-14-16(20)10-15(19(22)23-2)18(17(14)21-12)24-11-13-6-4-3-5-7-13/h3-10H,11H2,1-2H3. The summed E-state index contributed by atoms with van der Waals surface area (Å²) in [5.41, 5.74) is 2.85. The van der Waals surface area contributed by atoms with Crippen molar-refractivity contribution >= 4 is 32.8 Å². The van der Waals surface area contributed by atoms with E-state index in [4.69, 9.17) is 9.47 Å². The van der Waals surface area contributed by atoms with Crippen molar-refractivity contribution in [3.8, 4) is 5.75 Å². The van der Waals surface area contributed by atoms with E-state index in [1.807, 2.05) is 49.4 Å². The number of fused-ring (bicyclic) bond motifs is 1. The number of aromatic nitrogens is 1. The fourth-order valence-electron chi connectivity index (χ4n) is 2.46. The molecule has 0 bridgehead atoms. The van der Waals surface area contributed by atoms with Crippen molar-refractivity contribution in [2.24, 2.45) is 0 Å². The Morgan fingerprint density at radius 1 is 1.17 bits per heavy atom. The third-order valence-corrected chi connectivity index (χ3v) is 4.31. The third kappa shape index (κ3) is 3.26. The van der Waals surface area contributed by atoms with Gasteiger partial charge in [0, 0.05) is 15.6 Å². The summed E-state index contributed by atoms with van der Waals surface area (Å²) in [6.07, 6.45) is 0. The average molecular weight is 386 g/mol. The molecule has 0 amide bonds. The third-order valence-electron chi connectivity index (χ3n) is 3.65. The van der Waals surface area contributed by atoms with Crippen molar-refractivity contribution in [1.82, 2.24) is 4.98 Å². The maximum atomic E-state index is 12.2. The molecule has 4 nitrogen and oxygen atoms in total. The highest BCUT2D eigenvalue weighted by Crippen LogP contribution is 2.35. The second-order valence-electron chi connectivity index (χ2n) is 5.35. The average Bonchev–Trinajstić information content (AvgIpc) is 2.60. The van der Waals surface area contributed by atoms with Crippen LogP contribution < -0.4 is 4.74 Å². The molecule has 2 aromatic carbocycles. The molecule has 0 unspecified atom stereocenters. The minimum Gasteiger partial charge on any atom is -0.486 e. The van der Waals surface area contributed by atoms with Crippen LogP contribution in [-0.4, -0.2) is 18.1 Å². The topological polar surface area (TPSA) is 48.4 Å². The molecule has 3 aromatic rings. The second-order valence-corrected chi connectivity index (χ2v) is 6.20. The van der Waals surface area contributed by atoms with Crippen LogP contribution in [0.1, 0.15) is 21.6 Å². The molecule has 0 saturated heterocycles. The van der Waals surface area contributed by atoms with Gasteiger partial charge in [-0.1, -0.05) is 46.3 Å². The van der Waals surface area contributed by atoms with E-state index in [1.54, 1.807) is 6.07 Å². The molecule has 122 valence electrons. The van der Waals surface area contributed by atoms with Gasteiger partial charge in [0.05, 0.1) is 7.11 Å². The maximum Gasteiger partial charge on any atom is 0.341 e. The Morgan fingerprint density at radius 3 is 2.62 bits per heavy atom. The lowest BCUT2D eigenvalue weighted by Crippen LogP contribution is -2.07. The van der Waals surface area contributed by atoms with Gasteiger partial charge in [0.1, 0.15) is 17.7 Å². The molecule has 0 spiro atoms. The van der Waals surface area contributed by atoms with Crippen molar-refractivity contribution in [2.75, 3.05) is 7.11 Å². The van der Waals surface area contributed by atoms with Crippen molar-refractivity contribution in [1.29, 1.82) is 0 Å². The van der Waals surface area contributed by atoms with Gasteiger partial charge in [0.2, 0.25) is 0 Å². The molecule has 5 heteroatoms. The number of hydrogen-bond acceptors (Lipinski definition) is 4. The molecule has 0 aliphatic heterocycles. The molecule has 0 N–H and O–H groups in total. The molecule has 0 atom stereocenters. The molecule has 0 radical (unpaired) electrons. The highest BCUT2D eigenvalue weighted by atomic mass is 79.9. The molecule has 0 aliphatic rings. The van der Waals surface area contributed by atoms with Crippen molar-refractivity contribution in [3.63, 3.8) is 0 Å². The van der Waals surface area contributed by atoms with Gasteiger partial charge in [-0.3, -0.25) is 0 Å². The van der Waals surface area contributed by atoms with Gasteiger partial charge >= 0.3 is 5.97 Å². The van der Waals surface area contributed by atoms with E-state index in [0.29, 0.717) is 23.4 Å². The van der Waals surface area contributed by atoms with Gasteiger partial charge in [-0.15, -0.1) is 0 Å². The van der Waals surface area contributed by atoms with Crippen LogP contribution in [0.2, 0.25) is 0 Å². The fraction of sp³-hybridized carbons (Fsp3) is 0.158. The zero-order chi connectivity index (χ0) is 17.1. The minimum atomic E-state index is -0.455. The zero-order valence-corrected chi connectivity index (χ0v) is 15.0. The minimum absolute atomic E-state index is 0.344. The molecule has 3 rings (SSSR count). The Kier molecular flexibility index (Phi) is 4.81. The molecule has 0 aliphatic carbocycles. The van der Waals surface area contributed by atoms with Gasteiger partial charge in [0.25, 0.3) is 0 Å². The lowest BCUT2D eigenvalue weighted by atomic mass is 10.1. The Morgan fingerprint density at radius 2 is 1.92 bits per heavy atom. The van der Waals surface area contributed by atoms with Crippen molar-refractivity contribution in [2.45, 2.75) is 13.5 Å². The summed E-state index contributed by atoms with van der Waals surface area (Å²) in [5.74, 6) is -0.0171. The van der Waals surface area contributed by atoms with Crippen LogP contribution in [0.3, 0.4) is 0 Å². The molecule has 24 heavy (non-hydrogen) atoms. The van der Waals surface area contributed by atoms with Crippen LogP contribution in [0.15, 0.2) is 53.0 Å². The first kappa shape index (κ1) is 16.5. The van der Waals surface area contributed by atoms with E-state index in [9.17, 15) is 4.79 Å². The number of carbonyl (C=O) groups is 1. The van der Waals surface area contributed by atoms with E-state index in [-0.39, 0.29) is 0 Å². The highest BCUT2D eigenvalue weighted by molar-refractivity contribution is 9.10. The van der Waals surface area contributed by atoms with Crippen LogP contribution in [0.5, 0.6) is 5.75 Å². The number of nitrogens with zero attached hydrogens (tertiary/aromatic N) is 1. The van der Waals surface area contributed by atoms with Crippen LogP contribution in [0.4, 0.5) is 0 Å². The number of rotatable bonds is 4. The number of carbonyl (C=O) groups excluding carboxylic acids is 1. The SMILES string of the molecule is COC(=O)c1cc(Br)c2ccc(C)nc2c1OCc1ccccc1. The van der Waals surface area contributed by atoms with Crippen LogP contribution in [-0.2, 0) is 11.3 Å². The Labute approximate surface area is 148 Å². The number of ether oxygens (including phenoxy) is 2. The monoisotopic (exact) mass is 385 g/mol. The van der Waals surface area contributed by atoms with Gasteiger partial charge in [0.15, 0.2) is 5.75 Å². The van der Waals surface area contributed by atoms with E-state index >= 15 is 0 Å². The lowest BCUT2D eigenvalue weighted by molar-refractivity contribution is 0.0596. The highest BCUT2D eigenvalue weighted by Gasteiger charge is 2.20. The second kappa shape index (κ2) is 7.01. The first-order valence-electron chi connectivity index (χ1n) is 7.45. The summed E-state index contributed by atoms with van der Waals surface area (Å²) < 4.78 is 11.7. The van der Waals surface area contributed by atoms with Crippen molar-refractivity contribution < 1.29 is 14.3 Å². The molecular formula is C19H16BrNO3. The van der Waals surface area contributed by atoms with Gasteiger partial charge < -0.3 is 9.47 Å². The Balaban J connectivity index is 2.12. The van der Waals surface area contributed by atoms with Gasteiger partial charge in [-0.2, -0.15) is 0 Å². The first-order chi connectivity index (χ1) is 11.6. The number of methoxy groups -OCH3 is 1. The van der Waals surface area contributed by atoms with E-state index in [0.717, 1.165) is 21.1 Å². The summed E-state index contributed by atoms with van der Waals surface area (Å²) in [4.78, 5) is 16.7. The number of benzene rings is 2. The summed E-state index contributed by atoms with van der Waals surface area (Å²) in [5, 5.41) is 0.885. The lowest BCUT2D eigenvalue weighted by Gasteiger charge is -2.14. The normalized spacial score (nSPS) is 10.6. The number of esters is 1. The summed E-state index contributed by atoms with van der Waals surface area (Å²) in [6.45, 7) is 2.25. The maximum absolute atomic E-state index is 12.2. The summed E-state index contributed by atoms with van der Waals surface area (Å²) >= 11 is 3.50. The zero-order valence-electron chi connectivity index (χ0n) is 13.4. The van der Waals surface area contributed by atoms with Gasteiger partial charge in [-0.05, 0) is 30.7 Å². The molecule has 1 heterocycles. The number of aryl methyl sites for hydroxylation is 1. The van der Waals surface area contributed by atoms with E-state index in [1.165, 1.54) is 7.11 Å². The Bertz CT molecular complexity index is 894. The molecule has 1 aromatic heterocycles. The molecular weight excluding hydrogens is 370 g/mol. The van der Waals surface area contributed by atoms with E-state index < -0.39 is 5.97 Å². The van der Waals surface area contributed by atoms with Crippen LogP contribution >= 0.6 is 15.9 Å². The number of hydrogen-bond donors (Lipinski definition) is 0. The fourth-order valence-corrected chi connectivity index (χ4v) is 3.01. The number of halogens is 1.